The number of halogens is 3. The molecule has 3 nitrogen and oxygen atoms in total. The minimum absolute atomic E-state index is 0.0597. The van der Waals surface area contributed by atoms with Crippen LogP contribution in [0.5, 0.6) is 0 Å². The second-order valence-corrected chi connectivity index (χ2v) is 11.2. The van der Waals surface area contributed by atoms with Gasteiger partial charge in [0.25, 0.3) is 0 Å². The molecule has 3 aromatic rings. The third-order valence-electron chi connectivity index (χ3n) is 4.53. The van der Waals surface area contributed by atoms with Crippen LogP contribution in [0.15, 0.2) is 99.6 Å². The van der Waals surface area contributed by atoms with Crippen LogP contribution in [0.25, 0.3) is 0 Å². The first-order valence-corrected chi connectivity index (χ1v) is 13.1. The monoisotopic (exact) mass is 497 g/mol. The van der Waals surface area contributed by atoms with Crippen molar-refractivity contribution in [3.63, 3.8) is 0 Å². The van der Waals surface area contributed by atoms with Gasteiger partial charge in [-0.15, -0.1) is 23.5 Å². The Hall–Kier alpha value is -1.94. The zero-order chi connectivity index (χ0) is 23.2. The van der Waals surface area contributed by atoms with E-state index in [1.807, 2.05) is 35.1 Å². The van der Waals surface area contributed by atoms with Gasteiger partial charge in [0.05, 0.1) is 4.90 Å². The standard InChI is InChI=1S/C23H22F3NO2S3/c1-17-12-14-20(15-13-17)32(28,29)27-22(23(24,25)26)21(31-19-10-6-3-7-11-19)16-30-18-8-4-2-5-9-18/h2-15,21-22,27H,16H2,1H3/t21-,22+/m1/s1. The van der Waals surface area contributed by atoms with Crippen molar-refractivity contribution in [3.05, 3.63) is 90.5 Å². The van der Waals surface area contributed by atoms with Crippen molar-refractivity contribution in [2.75, 3.05) is 5.75 Å². The maximum Gasteiger partial charge on any atom is 0.405 e. The Bertz CT molecular complexity index is 1090. The average Bonchev–Trinajstić information content (AvgIpc) is 2.76. The topological polar surface area (TPSA) is 46.2 Å². The van der Waals surface area contributed by atoms with Crippen molar-refractivity contribution in [1.29, 1.82) is 0 Å². The van der Waals surface area contributed by atoms with E-state index < -0.39 is 27.5 Å². The quantitative estimate of drug-likeness (QED) is 0.360. The zero-order valence-electron chi connectivity index (χ0n) is 17.1. The van der Waals surface area contributed by atoms with Crippen molar-refractivity contribution in [2.24, 2.45) is 0 Å². The highest BCUT2D eigenvalue weighted by molar-refractivity contribution is 8.03. The summed E-state index contributed by atoms with van der Waals surface area (Å²) in [5.74, 6) is 0.0597. The molecule has 2 atom stereocenters. The minimum Gasteiger partial charge on any atom is -0.207 e. The fraction of sp³-hybridized carbons (Fsp3) is 0.217. The molecule has 32 heavy (non-hydrogen) atoms. The van der Waals surface area contributed by atoms with E-state index in [9.17, 15) is 21.6 Å². The van der Waals surface area contributed by atoms with Crippen molar-refractivity contribution >= 4 is 33.5 Å². The highest BCUT2D eigenvalue weighted by atomic mass is 32.2. The van der Waals surface area contributed by atoms with Crippen LogP contribution < -0.4 is 4.72 Å². The second kappa shape index (κ2) is 10.8. The van der Waals surface area contributed by atoms with Crippen LogP contribution in [0.3, 0.4) is 0 Å². The summed E-state index contributed by atoms with van der Waals surface area (Å²) in [7, 11) is -4.37. The van der Waals surface area contributed by atoms with Gasteiger partial charge in [-0.3, -0.25) is 0 Å². The van der Waals surface area contributed by atoms with Gasteiger partial charge < -0.3 is 0 Å². The van der Waals surface area contributed by atoms with Gasteiger partial charge in [-0.2, -0.15) is 17.9 Å². The Morgan fingerprint density at radius 2 is 1.38 bits per heavy atom. The zero-order valence-corrected chi connectivity index (χ0v) is 19.6. The summed E-state index contributed by atoms with van der Waals surface area (Å²) in [6.07, 6.45) is -4.78. The van der Waals surface area contributed by atoms with Crippen molar-refractivity contribution < 1.29 is 21.6 Å². The second-order valence-electron chi connectivity index (χ2n) is 7.05. The molecule has 0 saturated carbocycles. The lowest BCUT2D eigenvalue weighted by Gasteiger charge is -2.29. The molecule has 0 radical (unpaired) electrons. The molecule has 0 fully saturated rings. The Labute approximate surface area is 194 Å². The Balaban J connectivity index is 1.91. The van der Waals surface area contributed by atoms with E-state index in [1.54, 1.807) is 49.4 Å². The first-order chi connectivity index (χ1) is 15.1. The van der Waals surface area contributed by atoms with Crippen LogP contribution in [-0.2, 0) is 10.0 Å². The Morgan fingerprint density at radius 3 is 1.91 bits per heavy atom. The van der Waals surface area contributed by atoms with Gasteiger partial charge in [0.15, 0.2) is 0 Å². The summed E-state index contributed by atoms with van der Waals surface area (Å²) in [4.78, 5) is 1.25. The number of nitrogens with one attached hydrogen (secondary N) is 1. The highest BCUT2D eigenvalue weighted by Crippen LogP contribution is 2.37. The lowest BCUT2D eigenvalue weighted by Crippen LogP contribution is -2.52. The number of rotatable bonds is 9. The van der Waals surface area contributed by atoms with E-state index in [4.69, 9.17) is 0 Å². The summed E-state index contributed by atoms with van der Waals surface area (Å²) in [6, 6.07) is 21.2. The third kappa shape index (κ3) is 7.03. The molecule has 0 aliphatic heterocycles. The van der Waals surface area contributed by atoms with Gasteiger partial charge in [-0.25, -0.2) is 8.42 Å². The van der Waals surface area contributed by atoms with Crippen molar-refractivity contribution in [2.45, 2.75) is 39.1 Å². The van der Waals surface area contributed by atoms with Gasteiger partial charge in [0, 0.05) is 20.8 Å². The molecular formula is C23H22F3NO2S3. The average molecular weight is 498 g/mol. The molecular weight excluding hydrogens is 475 g/mol. The van der Waals surface area contributed by atoms with E-state index in [2.05, 4.69) is 0 Å². The number of benzene rings is 3. The molecule has 3 rings (SSSR count). The van der Waals surface area contributed by atoms with Gasteiger partial charge in [-0.05, 0) is 43.3 Å². The molecule has 0 amide bonds. The first kappa shape index (κ1) is 24.7. The number of aryl methyl sites for hydroxylation is 1. The Kier molecular flexibility index (Phi) is 8.32. The third-order valence-corrected chi connectivity index (χ3v) is 8.61. The fourth-order valence-corrected chi connectivity index (χ4v) is 6.62. The Morgan fingerprint density at radius 1 is 0.844 bits per heavy atom. The van der Waals surface area contributed by atoms with Crippen LogP contribution in [0, 0.1) is 6.92 Å². The number of hydrogen-bond acceptors (Lipinski definition) is 4. The predicted octanol–water partition coefficient (Wildman–Crippen LogP) is 6.16. The van der Waals surface area contributed by atoms with Crippen molar-refractivity contribution in [3.8, 4) is 0 Å². The molecule has 9 heteroatoms. The van der Waals surface area contributed by atoms with Gasteiger partial charge in [-0.1, -0.05) is 54.1 Å². The summed E-state index contributed by atoms with van der Waals surface area (Å²) in [6.45, 7) is 1.77. The SMILES string of the molecule is Cc1ccc(S(=O)(=O)N[C@@H]([C@@H](CSc2ccccc2)Sc2ccccc2)C(F)(F)F)cc1. The maximum atomic E-state index is 14.2. The van der Waals surface area contributed by atoms with Crippen LogP contribution >= 0.6 is 23.5 Å². The van der Waals surface area contributed by atoms with Crippen LogP contribution in [0.1, 0.15) is 5.56 Å². The van der Waals surface area contributed by atoms with E-state index in [0.29, 0.717) is 4.90 Å². The molecule has 0 aromatic heterocycles. The molecule has 3 aromatic carbocycles. The number of alkyl halides is 3. The smallest absolute Gasteiger partial charge is 0.207 e. The van der Waals surface area contributed by atoms with E-state index >= 15 is 0 Å². The number of sulfonamides is 1. The first-order valence-electron chi connectivity index (χ1n) is 9.70. The number of thioether (sulfide) groups is 2. The molecule has 0 saturated heterocycles. The normalized spacial score (nSPS) is 14.1. The lowest BCUT2D eigenvalue weighted by molar-refractivity contribution is -0.150. The molecule has 0 heterocycles. The van der Waals surface area contributed by atoms with Gasteiger partial charge >= 0.3 is 6.18 Å². The fourth-order valence-electron chi connectivity index (χ4n) is 2.87. The van der Waals surface area contributed by atoms with E-state index in [1.165, 1.54) is 23.9 Å². The van der Waals surface area contributed by atoms with Gasteiger partial charge in [0.1, 0.15) is 6.04 Å². The summed E-state index contributed by atoms with van der Waals surface area (Å²) in [5.41, 5.74) is 0.813. The van der Waals surface area contributed by atoms with Gasteiger partial charge in [0.2, 0.25) is 10.0 Å². The minimum atomic E-state index is -4.78. The molecule has 1 N–H and O–H groups in total. The van der Waals surface area contributed by atoms with Crippen LogP contribution in [0.4, 0.5) is 13.2 Å². The molecule has 0 aliphatic carbocycles. The predicted molar refractivity (Wildman–Crippen MR) is 125 cm³/mol. The molecule has 0 bridgehead atoms. The highest BCUT2D eigenvalue weighted by Gasteiger charge is 2.47. The molecule has 170 valence electrons. The van der Waals surface area contributed by atoms with E-state index in [-0.39, 0.29) is 10.6 Å². The maximum absolute atomic E-state index is 14.2. The lowest BCUT2D eigenvalue weighted by atomic mass is 10.2. The summed E-state index contributed by atoms with van der Waals surface area (Å²) < 4.78 is 70.0. The van der Waals surface area contributed by atoms with Crippen molar-refractivity contribution in [1.82, 2.24) is 4.72 Å². The summed E-state index contributed by atoms with van der Waals surface area (Å²) in [5, 5.41) is -1.09. The van der Waals surface area contributed by atoms with Crippen LogP contribution in [0.2, 0.25) is 0 Å². The number of hydrogen-bond donors (Lipinski definition) is 1. The van der Waals surface area contributed by atoms with E-state index in [0.717, 1.165) is 22.2 Å². The molecule has 0 unspecified atom stereocenters. The summed E-state index contributed by atoms with van der Waals surface area (Å²) >= 11 is 2.27. The molecule has 0 spiro atoms. The largest absolute Gasteiger partial charge is 0.405 e. The molecule has 0 aliphatic rings. The van der Waals surface area contributed by atoms with Crippen LogP contribution in [-0.4, -0.2) is 31.6 Å².